The number of nitrogens with zero attached hydrogens (tertiary/aromatic N) is 4. The summed E-state index contributed by atoms with van der Waals surface area (Å²) in [6, 6.07) is 4.19. The van der Waals surface area contributed by atoms with Gasteiger partial charge in [0.15, 0.2) is 5.82 Å². The summed E-state index contributed by atoms with van der Waals surface area (Å²) in [5.41, 5.74) is 1.35. The molecule has 0 bridgehead atoms. The lowest BCUT2D eigenvalue weighted by molar-refractivity contribution is 0.587. The third-order valence-electron chi connectivity index (χ3n) is 3.13. The van der Waals surface area contributed by atoms with Gasteiger partial charge in [-0.3, -0.25) is 0 Å². The van der Waals surface area contributed by atoms with Crippen LogP contribution in [0.5, 0.6) is 0 Å². The Morgan fingerprint density at radius 2 is 2.00 bits per heavy atom. The Balaban J connectivity index is 2.10. The zero-order chi connectivity index (χ0) is 14.0. The summed E-state index contributed by atoms with van der Waals surface area (Å²) in [6.07, 6.45) is 3.62. The van der Waals surface area contributed by atoms with Crippen LogP contribution in [-0.4, -0.2) is 19.7 Å². The van der Waals surface area contributed by atoms with Crippen molar-refractivity contribution in [3.63, 3.8) is 0 Å². The van der Waals surface area contributed by atoms with Crippen molar-refractivity contribution in [3.8, 4) is 0 Å². The summed E-state index contributed by atoms with van der Waals surface area (Å²) in [5.74, 6) is 1.74. The number of hydrogen-bond donors (Lipinski definition) is 1. The number of anilines is 1. The van der Waals surface area contributed by atoms with Crippen molar-refractivity contribution in [2.45, 2.75) is 39.2 Å². The molecule has 0 amide bonds. The molecular weight excluding hydrogens is 238 g/mol. The van der Waals surface area contributed by atoms with Crippen molar-refractivity contribution >= 4 is 5.82 Å². The van der Waals surface area contributed by atoms with Gasteiger partial charge in [-0.05, 0) is 24.0 Å². The average molecular weight is 259 g/mol. The van der Waals surface area contributed by atoms with Gasteiger partial charge in [-0.1, -0.05) is 26.8 Å². The Labute approximate surface area is 114 Å². The molecule has 5 heteroatoms. The fourth-order valence-electron chi connectivity index (χ4n) is 1.89. The van der Waals surface area contributed by atoms with Crippen molar-refractivity contribution in [2.24, 2.45) is 7.05 Å². The molecule has 0 aliphatic heterocycles. The largest absolute Gasteiger partial charge is 0.360 e. The Kier molecular flexibility index (Phi) is 3.55. The quantitative estimate of drug-likeness (QED) is 0.920. The van der Waals surface area contributed by atoms with Crippen LogP contribution >= 0.6 is 0 Å². The summed E-state index contributed by atoms with van der Waals surface area (Å²) >= 11 is 0. The second kappa shape index (κ2) is 4.99. The Morgan fingerprint density at radius 1 is 1.26 bits per heavy atom. The minimum absolute atomic E-state index is 0.0699. The summed E-state index contributed by atoms with van der Waals surface area (Å²) < 4.78 is 1.90. The van der Waals surface area contributed by atoms with Crippen molar-refractivity contribution in [2.75, 3.05) is 5.32 Å². The summed E-state index contributed by atoms with van der Waals surface area (Å²) in [7, 11) is 1.93. The molecule has 1 atom stereocenters. The van der Waals surface area contributed by atoms with Gasteiger partial charge in [0.2, 0.25) is 0 Å². The zero-order valence-corrected chi connectivity index (χ0v) is 12.2. The molecular formula is C14H21N5. The standard InChI is InChI=1S/C14H21N5/c1-10(13-18-16-9-19(13)5)17-12-7-6-11(8-15-12)14(2,3)4/h6-10H,1-5H3,(H,15,17). The molecule has 2 rings (SSSR count). The van der Waals surface area contributed by atoms with Crippen LogP contribution in [0, 0.1) is 0 Å². The Hall–Kier alpha value is -1.91. The van der Waals surface area contributed by atoms with Crippen LogP contribution in [0.15, 0.2) is 24.7 Å². The number of nitrogens with one attached hydrogen (secondary N) is 1. The highest BCUT2D eigenvalue weighted by molar-refractivity contribution is 5.38. The molecule has 102 valence electrons. The molecule has 2 aromatic heterocycles. The van der Waals surface area contributed by atoms with Gasteiger partial charge in [0.05, 0.1) is 6.04 Å². The molecule has 0 aliphatic rings. The van der Waals surface area contributed by atoms with Gasteiger partial charge in [-0.2, -0.15) is 0 Å². The van der Waals surface area contributed by atoms with E-state index in [1.54, 1.807) is 6.33 Å². The highest BCUT2D eigenvalue weighted by Crippen LogP contribution is 2.23. The number of aryl methyl sites for hydroxylation is 1. The lowest BCUT2D eigenvalue weighted by atomic mass is 9.88. The predicted molar refractivity (Wildman–Crippen MR) is 76.0 cm³/mol. The fourth-order valence-corrected chi connectivity index (χ4v) is 1.89. The van der Waals surface area contributed by atoms with Crippen molar-refractivity contribution < 1.29 is 0 Å². The Morgan fingerprint density at radius 3 is 2.47 bits per heavy atom. The second-order valence-corrected chi connectivity index (χ2v) is 5.85. The van der Waals surface area contributed by atoms with Gasteiger partial charge in [0, 0.05) is 13.2 Å². The highest BCUT2D eigenvalue weighted by atomic mass is 15.3. The Bertz CT molecular complexity index is 536. The van der Waals surface area contributed by atoms with Crippen LogP contribution < -0.4 is 5.32 Å². The molecule has 19 heavy (non-hydrogen) atoms. The monoisotopic (exact) mass is 259 g/mol. The smallest absolute Gasteiger partial charge is 0.154 e. The maximum atomic E-state index is 4.46. The van der Waals surface area contributed by atoms with Crippen LogP contribution in [0.2, 0.25) is 0 Å². The van der Waals surface area contributed by atoms with Gasteiger partial charge in [0.25, 0.3) is 0 Å². The predicted octanol–water partition coefficient (Wildman–Crippen LogP) is 2.68. The lowest BCUT2D eigenvalue weighted by Gasteiger charge is -2.19. The van der Waals surface area contributed by atoms with Crippen molar-refractivity contribution in [1.82, 2.24) is 19.7 Å². The molecule has 0 radical (unpaired) electrons. The molecule has 1 N–H and O–H groups in total. The second-order valence-electron chi connectivity index (χ2n) is 5.85. The van der Waals surface area contributed by atoms with Gasteiger partial charge < -0.3 is 9.88 Å². The third-order valence-corrected chi connectivity index (χ3v) is 3.13. The molecule has 0 saturated heterocycles. The van der Waals surface area contributed by atoms with E-state index in [4.69, 9.17) is 0 Å². The third kappa shape index (κ3) is 3.10. The van der Waals surface area contributed by atoms with E-state index in [1.807, 2.05) is 30.8 Å². The molecule has 2 heterocycles. The van der Waals surface area contributed by atoms with E-state index in [2.05, 4.69) is 47.3 Å². The first kappa shape index (κ1) is 13.5. The number of rotatable bonds is 3. The first-order valence-electron chi connectivity index (χ1n) is 6.45. The molecule has 2 aromatic rings. The molecule has 0 aliphatic carbocycles. The first-order chi connectivity index (χ1) is 8.88. The van der Waals surface area contributed by atoms with Crippen LogP contribution in [0.3, 0.4) is 0 Å². The summed E-state index contributed by atoms with van der Waals surface area (Å²) in [6.45, 7) is 8.58. The minimum atomic E-state index is 0.0699. The SMILES string of the molecule is CC(Nc1ccc(C(C)(C)C)cn1)c1nncn1C. The van der Waals surface area contributed by atoms with E-state index in [-0.39, 0.29) is 11.5 Å². The van der Waals surface area contributed by atoms with Gasteiger partial charge in [-0.15, -0.1) is 10.2 Å². The molecule has 0 spiro atoms. The average Bonchev–Trinajstić information content (AvgIpc) is 2.75. The van der Waals surface area contributed by atoms with Crippen LogP contribution in [0.4, 0.5) is 5.82 Å². The molecule has 0 fully saturated rings. The molecule has 5 nitrogen and oxygen atoms in total. The molecule has 1 unspecified atom stereocenters. The maximum Gasteiger partial charge on any atom is 0.154 e. The van der Waals surface area contributed by atoms with Gasteiger partial charge in [-0.25, -0.2) is 4.98 Å². The van der Waals surface area contributed by atoms with Gasteiger partial charge >= 0.3 is 0 Å². The van der Waals surface area contributed by atoms with E-state index in [9.17, 15) is 0 Å². The number of aromatic nitrogens is 4. The normalized spacial score (nSPS) is 13.3. The van der Waals surface area contributed by atoms with Crippen molar-refractivity contribution in [3.05, 3.63) is 36.0 Å². The number of hydrogen-bond acceptors (Lipinski definition) is 4. The van der Waals surface area contributed by atoms with Crippen molar-refractivity contribution in [1.29, 1.82) is 0 Å². The van der Waals surface area contributed by atoms with Crippen LogP contribution in [0.25, 0.3) is 0 Å². The molecule has 0 aromatic carbocycles. The van der Waals surface area contributed by atoms with E-state index >= 15 is 0 Å². The maximum absolute atomic E-state index is 4.46. The van der Waals surface area contributed by atoms with Gasteiger partial charge in [0.1, 0.15) is 12.1 Å². The summed E-state index contributed by atoms with van der Waals surface area (Å²) in [4.78, 5) is 4.46. The first-order valence-corrected chi connectivity index (χ1v) is 6.45. The lowest BCUT2D eigenvalue weighted by Crippen LogP contribution is -2.14. The minimum Gasteiger partial charge on any atom is -0.360 e. The highest BCUT2D eigenvalue weighted by Gasteiger charge is 2.15. The topological polar surface area (TPSA) is 55.6 Å². The van der Waals surface area contributed by atoms with Crippen LogP contribution in [-0.2, 0) is 12.5 Å². The zero-order valence-electron chi connectivity index (χ0n) is 12.2. The van der Waals surface area contributed by atoms with E-state index in [1.165, 1.54) is 5.56 Å². The van der Waals surface area contributed by atoms with Crippen LogP contribution in [0.1, 0.15) is 45.1 Å². The van der Waals surface area contributed by atoms with E-state index < -0.39 is 0 Å². The van der Waals surface area contributed by atoms with E-state index in [0.717, 1.165) is 11.6 Å². The number of pyridine rings is 1. The summed E-state index contributed by atoms with van der Waals surface area (Å²) in [5, 5.41) is 11.3. The van der Waals surface area contributed by atoms with E-state index in [0.29, 0.717) is 0 Å². The molecule has 0 saturated carbocycles. The fraction of sp³-hybridized carbons (Fsp3) is 0.500.